The summed E-state index contributed by atoms with van der Waals surface area (Å²) in [6.07, 6.45) is 2.69. The number of sulfonamides is 1. The lowest BCUT2D eigenvalue weighted by Gasteiger charge is -2.32. The van der Waals surface area contributed by atoms with Gasteiger partial charge in [-0.1, -0.05) is 12.5 Å². The van der Waals surface area contributed by atoms with Crippen molar-refractivity contribution in [2.75, 3.05) is 6.54 Å². The van der Waals surface area contributed by atoms with Gasteiger partial charge in [0.25, 0.3) is 5.91 Å². The van der Waals surface area contributed by atoms with Gasteiger partial charge in [0.1, 0.15) is 0 Å². The lowest BCUT2D eigenvalue weighted by atomic mass is 10.1. The molecular weight excluding hydrogens is 398 g/mol. The van der Waals surface area contributed by atoms with Crippen LogP contribution in [0.15, 0.2) is 47.4 Å². The van der Waals surface area contributed by atoms with Crippen LogP contribution in [0.5, 0.6) is 0 Å². The second-order valence-corrected chi connectivity index (χ2v) is 9.24. The molecule has 2 atom stereocenters. The van der Waals surface area contributed by atoms with Crippen molar-refractivity contribution in [3.05, 3.63) is 65.2 Å². The predicted octanol–water partition coefficient (Wildman–Crippen LogP) is 4.02. The maximum Gasteiger partial charge on any atom is 0.251 e. The van der Waals surface area contributed by atoms with Crippen LogP contribution in [0.1, 0.15) is 55.1 Å². The Labute approximate surface area is 169 Å². The van der Waals surface area contributed by atoms with Crippen LogP contribution in [0.2, 0.25) is 0 Å². The minimum Gasteiger partial charge on any atom is -0.346 e. The maximum absolute atomic E-state index is 13.4. The van der Waals surface area contributed by atoms with Gasteiger partial charge in [-0.25, -0.2) is 17.2 Å². The molecule has 0 spiro atoms. The molecule has 2 aromatic rings. The van der Waals surface area contributed by atoms with Crippen molar-refractivity contribution < 1.29 is 22.0 Å². The van der Waals surface area contributed by atoms with Gasteiger partial charge in [-0.05, 0) is 68.7 Å². The van der Waals surface area contributed by atoms with Gasteiger partial charge < -0.3 is 5.32 Å². The molecule has 1 aliphatic rings. The number of amides is 1. The molecule has 0 bridgehead atoms. The summed E-state index contributed by atoms with van der Waals surface area (Å²) in [5.41, 5.74) is 0.709. The molecule has 0 aromatic heterocycles. The molecule has 5 nitrogen and oxygen atoms in total. The second kappa shape index (κ2) is 8.59. The number of hydrogen-bond acceptors (Lipinski definition) is 3. The predicted molar refractivity (Wildman–Crippen MR) is 106 cm³/mol. The minimum absolute atomic E-state index is 0.0475. The largest absolute Gasteiger partial charge is 0.346 e. The summed E-state index contributed by atoms with van der Waals surface area (Å²) in [5, 5.41) is 2.70. The molecule has 3 rings (SSSR count). The average Bonchev–Trinajstić information content (AvgIpc) is 2.70. The highest BCUT2D eigenvalue weighted by Gasteiger charge is 2.31. The molecule has 1 saturated heterocycles. The quantitative estimate of drug-likeness (QED) is 0.792. The summed E-state index contributed by atoms with van der Waals surface area (Å²) in [6, 6.07) is 8.61. The van der Waals surface area contributed by atoms with E-state index in [-0.39, 0.29) is 16.5 Å². The van der Waals surface area contributed by atoms with Crippen LogP contribution in [0.3, 0.4) is 0 Å². The van der Waals surface area contributed by atoms with E-state index in [1.807, 2.05) is 6.92 Å². The Morgan fingerprint density at radius 1 is 1.10 bits per heavy atom. The number of rotatable bonds is 5. The van der Waals surface area contributed by atoms with E-state index in [1.165, 1.54) is 34.6 Å². The van der Waals surface area contributed by atoms with E-state index < -0.39 is 33.6 Å². The van der Waals surface area contributed by atoms with Gasteiger partial charge in [-0.3, -0.25) is 4.79 Å². The fraction of sp³-hybridized carbons (Fsp3) is 0.381. The maximum atomic E-state index is 13.4. The van der Waals surface area contributed by atoms with Gasteiger partial charge in [0.15, 0.2) is 11.6 Å². The van der Waals surface area contributed by atoms with Gasteiger partial charge in [-0.15, -0.1) is 0 Å². The van der Waals surface area contributed by atoms with Crippen LogP contribution in [-0.4, -0.2) is 31.2 Å². The Morgan fingerprint density at radius 2 is 1.79 bits per heavy atom. The smallest absolute Gasteiger partial charge is 0.251 e. The number of carbonyl (C=O) groups is 1. The number of benzene rings is 2. The molecule has 0 saturated carbocycles. The van der Waals surface area contributed by atoms with Crippen molar-refractivity contribution in [2.45, 2.75) is 50.1 Å². The number of nitrogens with one attached hydrogen (secondary N) is 1. The van der Waals surface area contributed by atoms with Crippen LogP contribution in [0.25, 0.3) is 0 Å². The third kappa shape index (κ3) is 4.64. The first-order valence-corrected chi connectivity index (χ1v) is 11.0. The summed E-state index contributed by atoms with van der Waals surface area (Å²) in [7, 11) is -3.60. The number of piperidine rings is 1. The summed E-state index contributed by atoms with van der Waals surface area (Å²) in [6.45, 7) is 4.05. The zero-order chi connectivity index (χ0) is 21.2. The van der Waals surface area contributed by atoms with E-state index >= 15 is 0 Å². The molecule has 1 N–H and O–H groups in total. The standard InChI is InChI=1S/C21H24F2N2O3S/c1-14-5-3-4-12-25(14)29(27,28)18-9-6-16(7-10-18)21(26)24-15(2)17-8-11-19(22)20(23)13-17/h6-11,13-15H,3-5,12H2,1-2H3,(H,24,26). The number of hydrogen-bond donors (Lipinski definition) is 1. The molecule has 2 aromatic carbocycles. The van der Waals surface area contributed by atoms with Gasteiger partial charge in [0.05, 0.1) is 10.9 Å². The lowest BCUT2D eigenvalue weighted by molar-refractivity contribution is 0.0939. The molecule has 2 unspecified atom stereocenters. The molecule has 8 heteroatoms. The molecule has 29 heavy (non-hydrogen) atoms. The van der Waals surface area contributed by atoms with Crippen LogP contribution in [0.4, 0.5) is 8.78 Å². The molecule has 1 aliphatic heterocycles. The highest BCUT2D eigenvalue weighted by molar-refractivity contribution is 7.89. The minimum atomic E-state index is -3.60. The van der Waals surface area contributed by atoms with E-state index in [2.05, 4.69) is 5.32 Å². The third-order valence-corrected chi connectivity index (χ3v) is 7.28. The molecule has 1 heterocycles. The number of halogens is 2. The third-order valence-electron chi connectivity index (χ3n) is 5.26. The van der Waals surface area contributed by atoms with Crippen LogP contribution < -0.4 is 5.32 Å². The molecule has 0 aliphatic carbocycles. The first-order valence-electron chi connectivity index (χ1n) is 9.58. The zero-order valence-electron chi connectivity index (χ0n) is 16.4. The van der Waals surface area contributed by atoms with Crippen molar-refractivity contribution in [3.8, 4) is 0 Å². The van der Waals surface area contributed by atoms with Gasteiger partial charge in [0.2, 0.25) is 10.0 Å². The van der Waals surface area contributed by atoms with Crippen molar-refractivity contribution in [1.29, 1.82) is 0 Å². The normalized spacial score (nSPS) is 19.0. The Morgan fingerprint density at radius 3 is 2.41 bits per heavy atom. The molecular formula is C21H24F2N2O3S. The lowest BCUT2D eigenvalue weighted by Crippen LogP contribution is -2.41. The van der Waals surface area contributed by atoms with Crippen molar-refractivity contribution in [1.82, 2.24) is 9.62 Å². The SMILES string of the molecule is CC(NC(=O)c1ccc(S(=O)(=O)N2CCCCC2C)cc1)c1ccc(F)c(F)c1. The molecule has 1 fully saturated rings. The molecule has 156 valence electrons. The average molecular weight is 422 g/mol. The first kappa shape index (κ1) is 21.4. The van der Waals surface area contributed by atoms with E-state index in [0.29, 0.717) is 12.1 Å². The van der Waals surface area contributed by atoms with Gasteiger partial charge in [0, 0.05) is 18.2 Å². The summed E-state index contributed by atoms with van der Waals surface area (Å²) < 4.78 is 53.7. The Balaban J connectivity index is 1.72. The van der Waals surface area contributed by atoms with Crippen LogP contribution in [-0.2, 0) is 10.0 Å². The van der Waals surface area contributed by atoms with Crippen LogP contribution >= 0.6 is 0 Å². The molecule has 0 radical (unpaired) electrons. The fourth-order valence-electron chi connectivity index (χ4n) is 3.49. The van der Waals surface area contributed by atoms with Gasteiger partial charge in [-0.2, -0.15) is 4.31 Å². The number of carbonyl (C=O) groups excluding carboxylic acids is 1. The highest BCUT2D eigenvalue weighted by Crippen LogP contribution is 2.25. The van der Waals surface area contributed by atoms with E-state index in [1.54, 1.807) is 6.92 Å². The summed E-state index contributed by atoms with van der Waals surface area (Å²) in [5.74, 6) is -2.37. The van der Waals surface area contributed by atoms with Gasteiger partial charge >= 0.3 is 0 Å². The zero-order valence-corrected chi connectivity index (χ0v) is 17.2. The number of nitrogens with zero attached hydrogens (tertiary/aromatic N) is 1. The van der Waals surface area contributed by atoms with Crippen molar-refractivity contribution >= 4 is 15.9 Å². The summed E-state index contributed by atoms with van der Waals surface area (Å²) in [4.78, 5) is 12.6. The van der Waals surface area contributed by atoms with E-state index in [4.69, 9.17) is 0 Å². The van der Waals surface area contributed by atoms with E-state index in [0.717, 1.165) is 31.4 Å². The van der Waals surface area contributed by atoms with Crippen LogP contribution in [0, 0.1) is 11.6 Å². The fourth-order valence-corrected chi connectivity index (χ4v) is 5.19. The topological polar surface area (TPSA) is 66.5 Å². The van der Waals surface area contributed by atoms with Crippen molar-refractivity contribution in [2.24, 2.45) is 0 Å². The van der Waals surface area contributed by atoms with Crippen molar-refractivity contribution in [3.63, 3.8) is 0 Å². The Kier molecular flexibility index (Phi) is 6.33. The second-order valence-electron chi connectivity index (χ2n) is 7.35. The first-order chi connectivity index (χ1) is 13.7. The van der Waals surface area contributed by atoms with E-state index in [9.17, 15) is 22.0 Å². The summed E-state index contributed by atoms with van der Waals surface area (Å²) >= 11 is 0. The highest BCUT2D eigenvalue weighted by atomic mass is 32.2. The Bertz CT molecular complexity index is 993. The molecule has 1 amide bonds. The Hall–Kier alpha value is -2.32. The monoisotopic (exact) mass is 422 g/mol.